The Hall–Kier alpha value is -2.82. The van der Waals surface area contributed by atoms with Gasteiger partial charge in [-0.25, -0.2) is 4.79 Å². The fraction of sp³-hybridized carbons (Fsp3) is 0.222. The Bertz CT molecular complexity index is 650. The van der Waals surface area contributed by atoms with Crippen LogP contribution in [-0.2, 0) is 16.0 Å². The van der Waals surface area contributed by atoms with Crippen molar-refractivity contribution in [3.8, 4) is 5.75 Å². The number of hydrogen-bond acceptors (Lipinski definition) is 5. The monoisotopic (exact) mass is 313 g/mol. The predicted molar refractivity (Wildman–Crippen MR) is 87.1 cm³/mol. The summed E-state index contributed by atoms with van der Waals surface area (Å²) < 4.78 is 10.3. The second kappa shape index (κ2) is 8.58. The summed E-state index contributed by atoms with van der Waals surface area (Å²) in [6.45, 7) is 2.43. The van der Waals surface area contributed by atoms with Crippen molar-refractivity contribution >= 4 is 12.0 Å². The molecule has 0 radical (unpaired) electrons. The molecule has 1 N–H and O–H groups in total. The van der Waals surface area contributed by atoms with Crippen molar-refractivity contribution in [1.29, 1.82) is 0 Å². The Morgan fingerprint density at radius 1 is 1.22 bits per heavy atom. The van der Waals surface area contributed by atoms with Crippen LogP contribution in [0.3, 0.4) is 0 Å². The van der Waals surface area contributed by atoms with Crippen LogP contribution in [0.5, 0.6) is 5.75 Å². The fourth-order valence-corrected chi connectivity index (χ4v) is 1.90. The third kappa shape index (κ3) is 5.47. The first-order valence-electron chi connectivity index (χ1n) is 7.39. The van der Waals surface area contributed by atoms with E-state index in [2.05, 4.69) is 9.72 Å². The van der Waals surface area contributed by atoms with E-state index in [-0.39, 0.29) is 6.61 Å². The lowest BCUT2D eigenvalue weighted by molar-refractivity contribution is -0.141. The maximum absolute atomic E-state index is 11.3. The molecule has 2 aromatic rings. The van der Waals surface area contributed by atoms with Crippen molar-refractivity contribution in [2.45, 2.75) is 13.3 Å². The van der Waals surface area contributed by atoms with Crippen molar-refractivity contribution in [3.63, 3.8) is 0 Å². The largest absolute Gasteiger partial charge is 0.502 e. The van der Waals surface area contributed by atoms with E-state index in [4.69, 9.17) is 4.74 Å². The highest BCUT2D eigenvalue weighted by Crippen LogP contribution is 2.12. The van der Waals surface area contributed by atoms with Gasteiger partial charge in [0, 0.05) is 12.5 Å². The Kier molecular flexibility index (Phi) is 6.17. The van der Waals surface area contributed by atoms with E-state index < -0.39 is 11.7 Å². The third-order valence-electron chi connectivity index (χ3n) is 3.03. The molecule has 5 heteroatoms. The fourth-order valence-electron chi connectivity index (χ4n) is 1.90. The van der Waals surface area contributed by atoms with Gasteiger partial charge in [0.25, 0.3) is 0 Å². The van der Waals surface area contributed by atoms with E-state index in [1.165, 1.54) is 11.6 Å². The van der Waals surface area contributed by atoms with Crippen molar-refractivity contribution in [2.24, 2.45) is 0 Å². The van der Waals surface area contributed by atoms with Gasteiger partial charge in [-0.05, 0) is 24.6 Å². The van der Waals surface area contributed by atoms with Gasteiger partial charge in [-0.3, -0.25) is 4.98 Å². The molecule has 120 valence electrons. The lowest BCUT2D eigenvalue weighted by Gasteiger charge is -2.06. The Morgan fingerprint density at radius 3 is 2.65 bits per heavy atom. The number of pyridine rings is 1. The number of nitrogens with zero attached hydrogens (tertiary/aromatic N) is 1. The highest BCUT2D eigenvalue weighted by atomic mass is 16.5. The Balaban J connectivity index is 1.87. The van der Waals surface area contributed by atoms with E-state index in [1.54, 1.807) is 25.3 Å². The summed E-state index contributed by atoms with van der Waals surface area (Å²) in [5, 5.41) is 9.55. The maximum Gasteiger partial charge on any atom is 0.373 e. The summed E-state index contributed by atoms with van der Waals surface area (Å²) in [6, 6.07) is 13.5. The number of esters is 1. The molecule has 23 heavy (non-hydrogen) atoms. The lowest BCUT2D eigenvalue weighted by atomic mass is 10.2. The number of aromatic nitrogens is 1. The number of aliphatic hydroxyl groups excluding tert-OH is 1. The molecular weight excluding hydrogens is 294 g/mol. The zero-order valence-corrected chi connectivity index (χ0v) is 12.9. The highest BCUT2D eigenvalue weighted by molar-refractivity contribution is 5.90. The van der Waals surface area contributed by atoms with Gasteiger partial charge in [0.2, 0.25) is 5.76 Å². The molecule has 1 aromatic heterocycles. The highest BCUT2D eigenvalue weighted by Gasteiger charge is 2.08. The molecule has 0 saturated carbocycles. The van der Waals surface area contributed by atoms with Gasteiger partial charge in [-0.15, -0.1) is 0 Å². The molecule has 0 fully saturated rings. The second-order valence-electron chi connectivity index (χ2n) is 4.75. The van der Waals surface area contributed by atoms with Crippen molar-refractivity contribution < 1.29 is 19.4 Å². The van der Waals surface area contributed by atoms with Crippen LogP contribution in [0, 0.1) is 0 Å². The summed E-state index contributed by atoms with van der Waals surface area (Å²) in [5.74, 6) is -0.608. The summed E-state index contributed by atoms with van der Waals surface area (Å²) >= 11 is 0. The second-order valence-corrected chi connectivity index (χ2v) is 4.75. The van der Waals surface area contributed by atoms with E-state index in [0.29, 0.717) is 18.1 Å². The Labute approximate surface area is 135 Å². The zero-order valence-electron chi connectivity index (χ0n) is 12.9. The summed E-state index contributed by atoms with van der Waals surface area (Å²) in [6.07, 6.45) is 3.62. The Morgan fingerprint density at radius 2 is 2.00 bits per heavy atom. The van der Waals surface area contributed by atoms with E-state index in [1.807, 2.05) is 30.3 Å². The minimum atomic E-state index is -0.766. The first kappa shape index (κ1) is 16.5. The van der Waals surface area contributed by atoms with E-state index in [0.717, 1.165) is 6.42 Å². The third-order valence-corrected chi connectivity index (χ3v) is 3.03. The van der Waals surface area contributed by atoms with Gasteiger partial charge >= 0.3 is 5.97 Å². The number of aliphatic hydroxyl groups is 1. The topological polar surface area (TPSA) is 68.7 Å². The molecule has 0 amide bonds. The summed E-state index contributed by atoms with van der Waals surface area (Å²) in [4.78, 5) is 15.4. The van der Waals surface area contributed by atoms with Crippen LogP contribution < -0.4 is 4.74 Å². The van der Waals surface area contributed by atoms with Gasteiger partial charge in [0.15, 0.2) is 0 Å². The number of benzene rings is 1. The number of ether oxygens (including phenoxy) is 2. The molecule has 0 aliphatic rings. The van der Waals surface area contributed by atoms with Gasteiger partial charge in [0.1, 0.15) is 5.75 Å². The van der Waals surface area contributed by atoms with Crippen LogP contribution in [0.2, 0.25) is 0 Å². The first-order chi connectivity index (χ1) is 11.2. The van der Waals surface area contributed by atoms with Crippen LogP contribution in [-0.4, -0.2) is 29.3 Å². The van der Waals surface area contributed by atoms with E-state index in [9.17, 15) is 9.90 Å². The minimum Gasteiger partial charge on any atom is -0.502 e. The standard InChI is InChI=1S/C18H19NO4/c1-2-22-18(21)17(20)12-15-8-9-16(13-19-15)23-11-10-14-6-4-3-5-7-14/h3-9,12-13,20H,2,10-11H2,1H3/b17-12-. The molecule has 0 aliphatic carbocycles. The van der Waals surface area contributed by atoms with Crippen molar-refractivity contribution in [2.75, 3.05) is 13.2 Å². The first-order valence-corrected chi connectivity index (χ1v) is 7.39. The number of rotatable bonds is 7. The average Bonchev–Trinajstić information content (AvgIpc) is 2.57. The molecule has 0 aliphatic heterocycles. The molecule has 0 spiro atoms. The van der Waals surface area contributed by atoms with Gasteiger partial charge in [-0.2, -0.15) is 0 Å². The molecule has 0 atom stereocenters. The van der Waals surface area contributed by atoms with Gasteiger partial charge in [0.05, 0.1) is 25.1 Å². The SMILES string of the molecule is CCOC(=O)/C(O)=C/c1ccc(OCCc2ccccc2)cn1. The number of carbonyl (C=O) groups excluding carboxylic acids is 1. The van der Waals surface area contributed by atoms with Crippen molar-refractivity contribution in [1.82, 2.24) is 4.98 Å². The predicted octanol–water partition coefficient (Wildman–Crippen LogP) is 3.17. The van der Waals surface area contributed by atoms with Crippen molar-refractivity contribution in [3.05, 3.63) is 65.7 Å². The van der Waals surface area contributed by atoms with Crippen LogP contribution in [0.1, 0.15) is 18.2 Å². The van der Waals surface area contributed by atoms with Crippen LogP contribution in [0.25, 0.3) is 6.08 Å². The minimum absolute atomic E-state index is 0.207. The normalized spacial score (nSPS) is 11.1. The summed E-state index contributed by atoms with van der Waals surface area (Å²) in [5.41, 5.74) is 1.66. The molecule has 5 nitrogen and oxygen atoms in total. The molecule has 0 bridgehead atoms. The zero-order chi connectivity index (χ0) is 16.5. The van der Waals surface area contributed by atoms with Crippen LogP contribution in [0.15, 0.2) is 54.4 Å². The van der Waals surface area contributed by atoms with Gasteiger partial charge < -0.3 is 14.6 Å². The molecule has 1 aromatic carbocycles. The van der Waals surface area contributed by atoms with E-state index >= 15 is 0 Å². The van der Waals surface area contributed by atoms with Crippen LogP contribution >= 0.6 is 0 Å². The average molecular weight is 313 g/mol. The number of carbonyl (C=O) groups is 1. The molecule has 1 heterocycles. The molecule has 2 rings (SSSR count). The number of hydrogen-bond donors (Lipinski definition) is 1. The quantitative estimate of drug-likeness (QED) is 0.483. The van der Waals surface area contributed by atoms with Gasteiger partial charge in [-0.1, -0.05) is 30.3 Å². The van der Waals surface area contributed by atoms with Crippen LogP contribution in [0.4, 0.5) is 0 Å². The maximum atomic E-state index is 11.3. The smallest absolute Gasteiger partial charge is 0.373 e. The summed E-state index contributed by atoms with van der Waals surface area (Å²) in [7, 11) is 0. The molecule has 0 saturated heterocycles. The molecule has 0 unspecified atom stereocenters. The lowest BCUT2D eigenvalue weighted by Crippen LogP contribution is -2.07. The molecular formula is C18H19NO4.